The first-order chi connectivity index (χ1) is 9.25. The van der Waals surface area contributed by atoms with Gasteiger partial charge in [0.1, 0.15) is 0 Å². The molecule has 1 saturated carbocycles. The van der Waals surface area contributed by atoms with Crippen molar-refractivity contribution in [3.8, 4) is 11.1 Å². The predicted octanol–water partition coefficient (Wildman–Crippen LogP) is 4.28. The van der Waals surface area contributed by atoms with Crippen LogP contribution in [0.3, 0.4) is 0 Å². The Morgan fingerprint density at radius 1 is 1.11 bits per heavy atom. The molecule has 1 aromatic heterocycles. The molecule has 0 unspecified atom stereocenters. The molecule has 1 heterocycles. The van der Waals surface area contributed by atoms with Gasteiger partial charge in [-0.25, -0.2) is 0 Å². The average Bonchev–Trinajstić information content (AvgIpc) is 2.83. The predicted molar refractivity (Wildman–Crippen MR) is 76.9 cm³/mol. The zero-order valence-electron chi connectivity index (χ0n) is 11.4. The first-order valence-corrected chi connectivity index (χ1v) is 7.08. The van der Waals surface area contributed by atoms with Crippen molar-refractivity contribution in [3.05, 3.63) is 35.5 Å². The monoisotopic (exact) mass is 256 g/mol. The van der Waals surface area contributed by atoms with Crippen LogP contribution >= 0.6 is 0 Å². The Kier molecular flexibility index (Phi) is 3.28. The fraction of sp³-hybridized carbons (Fsp3) is 0.438. The van der Waals surface area contributed by atoms with E-state index in [9.17, 15) is 0 Å². The Morgan fingerprint density at radius 3 is 2.47 bits per heavy atom. The average molecular weight is 256 g/mol. The molecule has 2 aromatic rings. The smallest absolute Gasteiger partial charge is 0.230 e. The molecule has 0 bridgehead atoms. The van der Waals surface area contributed by atoms with Gasteiger partial charge in [-0.05, 0) is 25.3 Å². The molecule has 0 atom stereocenters. The summed E-state index contributed by atoms with van der Waals surface area (Å²) >= 11 is 0. The number of benzene rings is 1. The number of aromatic nitrogens is 1. The van der Waals surface area contributed by atoms with Gasteiger partial charge in [-0.15, -0.1) is 0 Å². The van der Waals surface area contributed by atoms with E-state index in [4.69, 9.17) is 10.3 Å². The third-order valence-corrected chi connectivity index (χ3v) is 4.08. The van der Waals surface area contributed by atoms with Gasteiger partial charge >= 0.3 is 0 Å². The molecular formula is C16H20N2O. The lowest BCUT2D eigenvalue weighted by Crippen LogP contribution is -2.06. The summed E-state index contributed by atoms with van der Waals surface area (Å²) in [4.78, 5) is 0. The van der Waals surface area contributed by atoms with Gasteiger partial charge in [0.05, 0.1) is 11.3 Å². The van der Waals surface area contributed by atoms with E-state index >= 15 is 0 Å². The second-order valence-electron chi connectivity index (χ2n) is 5.51. The first-order valence-electron chi connectivity index (χ1n) is 7.08. The molecule has 1 aliphatic rings. The minimum absolute atomic E-state index is 0.449. The lowest BCUT2D eigenvalue weighted by atomic mass is 9.84. The van der Waals surface area contributed by atoms with Gasteiger partial charge in [-0.3, -0.25) is 0 Å². The van der Waals surface area contributed by atoms with E-state index in [0.717, 1.165) is 16.8 Å². The van der Waals surface area contributed by atoms with Crippen molar-refractivity contribution >= 4 is 5.88 Å². The lowest BCUT2D eigenvalue weighted by molar-refractivity contribution is 0.388. The van der Waals surface area contributed by atoms with Crippen LogP contribution in [0, 0.1) is 6.92 Å². The van der Waals surface area contributed by atoms with Gasteiger partial charge in [-0.2, -0.15) is 0 Å². The van der Waals surface area contributed by atoms with E-state index in [1.807, 2.05) is 0 Å². The molecule has 0 spiro atoms. The molecule has 1 aromatic carbocycles. The summed E-state index contributed by atoms with van der Waals surface area (Å²) in [6.45, 7) is 2.09. The van der Waals surface area contributed by atoms with Crippen LogP contribution in [0.1, 0.15) is 49.3 Å². The summed E-state index contributed by atoms with van der Waals surface area (Å²) in [7, 11) is 0. The molecule has 1 fully saturated rings. The fourth-order valence-electron chi connectivity index (χ4n) is 2.98. The molecule has 0 saturated heterocycles. The Morgan fingerprint density at radius 2 is 1.79 bits per heavy atom. The molecule has 0 radical (unpaired) electrons. The summed E-state index contributed by atoms with van der Waals surface area (Å²) in [5, 5.41) is 4.24. The Labute approximate surface area is 113 Å². The van der Waals surface area contributed by atoms with E-state index in [0.29, 0.717) is 11.8 Å². The standard InChI is InChI=1S/C16H20N2O/c1-11-7-9-12(10-8-11)14-15(18-19-16(14)17)13-5-3-2-4-6-13/h7-10,13H,2-6,17H2,1H3. The molecule has 3 rings (SSSR count). The second kappa shape index (κ2) is 5.08. The van der Waals surface area contributed by atoms with Crippen LogP contribution in [0.15, 0.2) is 28.8 Å². The fourth-order valence-corrected chi connectivity index (χ4v) is 2.98. The highest BCUT2D eigenvalue weighted by Crippen LogP contribution is 2.40. The molecule has 3 nitrogen and oxygen atoms in total. The maximum atomic E-state index is 5.99. The number of aryl methyl sites for hydroxylation is 1. The van der Waals surface area contributed by atoms with E-state index in [1.165, 1.54) is 37.7 Å². The molecule has 1 aliphatic carbocycles. The Hall–Kier alpha value is -1.77. The quantitative estimate of drug-likeness (QED) is 0.872. The minimum Gasteiger partial charge on any atom is -0.367 e. The van der Waals surface area contributed by atoms with E-state index in [-0.39, 0.29) is 0 Å². The van der Waals surface area contributed by atoms with Crippen molar-refractivity contribution in [2.45, 2.75) is 44.9 Å². The van der Waals surface area contributed by atoms with Crippen LogP contribution in [0.2, 0.25) is 0 Å². The SMILES string of the molecule is Cc1ccc(-c2c(C3CCCCC3)noc2N)cc1. The van der Waals surface area contributed by atoms with Gasteiger partial charge in [0.2, 0.25) is 5.88 Å². The van der Waals surface area contributed by atoms with Crippen molar-refractivity contribution in [1.29, 1.82) is 0 Å². The number of nitrogen functional groups attached to an aromatic ring is 1. The topological polar surface area (TPSA) is 52.0 Å². The van der Waals surface area contributed by atoms with E-state index in [2.05, 4.69) is 36.3 Å². The van der Waals surface area contributed by atoms with Crippen LogP contribution in [0.25, 0.3) is 11.1 Å². The Bertz CT molecular complexity index is 551. The lowest BCUT2D eigenvalue weighted by Gasteiger charge is -2.20. The number of rotatable bonds is 2. The number of nitrogens with two attached hydrogens (primary N) is 1. The van der Waals surface area contributed by atoms with E-state index < -0.39 is 0 Å². The number of nitrogens with zero attached hydrogens (tertiary/aromatic N) is 1. The zero-order chi connectivity index (χ0) is 13.2. The highest BCUT2D eigenvalue weighted by Gasteiger charge is 2.25. The van der Waals surface area contributed by atoms with Gasteiger partial charge in [-0.1, -0.05) is 54.2 Å². The van der Waals surface area contributed by atoms with Crippen LogP contribution < -0.4 is 5.73 Å². The van der Waals surface area contributed by atoms with Gasteiger partial charge in [0.25, 0.3) is 0 Å². The third-order valence-electron chi connectivity index (χ3n) is 4.08. The van der Waals surface area contributed by atoms with Crippen LogP contribution in [-0.2, 0) is 0 Å². The summed E-state index contributed by atoms with van der Waals surface area (Å²) in [5.41, 5.74) is 10.4. The Balaban J connectivity index is 2.00. The molecule has 3 heteroatoms. The third kappa shape index (κ3) is 2.37. The van der Waals surface area contributed by atoms with Gasteiger partial charge in [0.15, 0.2) is 0 Å². The zero-order valence-corrected chi connectivity index (χ0v) is 11.4. The minimum atomic E-state index is 0.449. The maximum absolute atomic E-state index is 5.99. The summed E-state index contributed by atoms with van der Waals surface area (Å²) < 4.78 is 5.26. The van der Waals surface area contributed by atoms with Crippen molar-refractivity contribution in [3.63, 3.8) is 0 Å². The summed E-state index contributed by atoms with van der Waals surface area (Å²) in [6.07, 6.45) is 6.30. The number of hydrogen-bond donors (Lipinski definition) is 1. The molecular weight excluding hydrogens is 236 g/mol. The summed E-state index contributed by atoms with van der Waals surface area (Å²) in [5.74, 6) is 0.954. The second-order valence-corrected chi connectivity index (χ2v) is 5.51. The van der Waals surface area contributed by atoms with Gasteiger partial charge < -0.3 is 10.3 Å². The largest absolute Gasteiger partial charge is 0.367 e. The van der Waals surface area contributed by atoms with Crippen LogP contribution in [0.5, 0.6) is 0 Å². The summed E-state index contributed by atoms with van der Waals surface area (Å²) in [6, 6.07) is 8.41. The number of anilines is 1. The van der Waals surface area contributed by atoms with E-state index in [1.54, 1.807) is 0 Å². The van der Waals surface area contributed by atoms with Gasteiger partial charge in [0, 0.05) is 5.92 Å². The van der Waals surface area contributed by atoms with Crippen LogP contribution in [0.4, 0.5) is 5.88 Å². The highest BCUT2D eigenvalue weighted by atomic mass is 16.5. The number of hydrogen-bond acceptors (Lipinski definition) is 3. The van der Waals surface area contributed by atoms with Crippen molar-refractivity contribution in [2.24, 2.45) is 0 Å². The van der Waals surface area contributed by atoms with Crippen molar-refractivity contribution in [2.75, 3.05) is 5.73 Å². The molecule has 0 amide bonds. The molecule has 2 N–H and O–H groups in total. The molecule has 100 valence electrons. The first kappa shape index (κ1) is 12.3. The highest BCUT2D eigenvalue weighted by molar-refractivity contribution is 5.75. The normalized spacial score (nSPS) is 16.7. The molecule has 0 aliphatic heterocycles. The van der Waals surface area contributed by atoms with Crippen LogP contribution in [-0.4, -0.2) is 5.16 Å². The van der Waals surface area contributed by atoms with Crippen molar-refractivity contribution < 1.29 is 4.52 Å². The van der Waals surface area contributed by atoms with Crippen molar-refractivity contribution in [1.82, 2.24) is 5.16 Å². The maximum Gasteiger partial charge on any atom is 0.230 e. The molecule has 19 heavy (non-hydrogen) atoms.